The number of hydrogen-bond acceptors (Lipinski definition) is 4. The van der Waals surface area contributed by atoms with E-state index < -0.39 is 14.6 Å². The van der Waals surface area contributed by atoms with Crippen molar-refractivity contribution in [2.24, 2.45) is 10.7 Å². The van der Waals surface area contributed by atoms with E-state index in [1.807, 2.05) is 0 Å². The van der Waals surface area contributed by atoms with E-state index in [-0.39, 0.29) is 23.4 Å². The van der Waals surface area contributed by atoms with Gasteiger partial charge in [0.2, 0.25) is 0 Å². The molecular formula is C13H18BrFN2O2S. The van der Waals surface area contributed by atoms with Gasteiger partial charge in [0.1, 0.15) is 16.4 Å². The Morgan fingerprint density at radius 1 is 1.35 bits per heavy atom. The molecule has 1 heterocycles. The molecule has 20 heavy (non-hydrogen) atoms. The Hall–Kier alpha value is -0.950. The fourth-order valence-corrected chi connectivity index (χ4v) is 3.31. The van der Waals surface area contributed by atoms with Gasteiger partial charge in [-0.15, -0.1) is 0 Å². The molecule has 0 amide bonds. The van der Waals surface area contributed by atoms with Crippen LogP contribution in [-0.4, -0.2) is 30.8 Å². The molecule has 0 aliphatic carbocycles. The minimum Gasteiger partial charge on any atom is -0.386 e. The number of aliphatic imine (C=N–C) groups is 1. The maximum Gasteiger partial charge on any atom is 0.164 e. The zero-order chi connectivity index (χ0) is 15.6. The molecule has 1 aromatic carbocycles. The number of hydrogen-bond donors (Lipinski definition) is 1. The van der Waals surface area contributed by atoms with E-state index >= 15 is 0 Å². The van der Waals surface area contributed by atoms with Crippen molar-refractivity contribution < 1.29 is 12.8 Å². The summed E-state index contributed by atoms with van der Waals surface area (Å²) in [6, 6.07) is 5.93. The highest BCUT2D eigenvalue weighted by Gasteiger charge is 2.42. The maximum atomic E-state index is 12.1. The van der Waals surface area contributed by atoms with Crippen molar-refractivity contribution in [3.05, 3.63) is 34.6 Å². The van der Waals surface area contributed by atoms with Gasteiger partial charge in [0, 0.05) is 4.47 Å². The van der Waals surface area contributed by atoms with Gasteiger partial charge in [0.05, 0.1) is 11.8 Å². The quantitative estimate of drug-likeness (QED) is 0.768. The van der Waals surface area contributed by atoms with Gasteiger partial charge < -0.3 is 5.73 Å². The Morgan fingerprint density at radius 2 is 1.85 bits per heavy atom. The van der Waals surface area contributed by atoms with E-state index in [4.69, 9.17) is 5.73 Å². The highest BCUT2D eigenvalue weighted by atomic mass is 79.9. The van der Waals surface area contributed by atoms with Gasteiger partial charge >= 0.3 is 0 Å². The Labute approximate surface area is 127 Å². The van der Waals surface area contributed by atoms with E-state index in [2.05, 4.69) is 20.9 Å². The van der Waals surface area contributed by atoms with Crippen LogP contribution in [-0.2, 0) is 9.84 Å². The number of nitrogens with zero attached hydrogens (tertiary/aromatic N) is 1. The summed E-state index contributed by atoms with van der Waals surface area (Å²) in [5.41, 5.74) is 5.55. The second kappa shape index (κ2) is 6.22. The Balaban J connectivity index is 0.000000217. The number of benzene rings is 1. The molecule has 112 valence electrons. The third-order valence-electron chi connectivity index (χ3n) is 3.02. The van der Waals surface area contributed by atoms with Crippen LogP contribution in [0.2, 0.25) is 0 Å². The molecule has 2 N–H and O–H groups in total. The Morgan fingerprint density at radius 3 is 2.25 bits per heavy atom. The highest BCUT2D eigenvalue weighted by Crippen LogP contribution is 2.23. The molecular weight excluding hydrogens is 347 g/mol. The molecule has 0 fully saturated rings. The van der Waals surface area contributed by atoms with E-state index in [9.17, 15) is 12.8 Å². The molecule has 0 saturated heterocycles. The predicted octanol–water partition coefficient (Wildman–Crippen LogP) is 2.53. The molecule has 1 aliphatic rings. The molecule has 0 saturated carbocycles. The van der Waals surface area contributed by atoms with E-state index in [1.54, 1.807) is 32.9 Å². The smallest absolute Gasteiger partial charge is 0.164 e. The first-order valence-electron chi connectivity index (χ1n) is 6.03. The maximum absolute atomic E-state index is 12.1. The lowest BCUT2D eigenvalue weighted by Gasteiger charge is -2.30. The van der Waals surface area contributed by atoms with Gasteiger partial charge in [-0.2, -0.15) is 0 Å². The third-order valence-corrected chi connectivity index (χ3v) is 6.23. The van der Waals surface area contributed by atoms with Crippen molar-refractivity contribution in [1.29, 1.82) is 0 Å². The van der Waals surface area contributed by atoms with E-state index in [1.165, 1.54) is 12.1 Å². The summed E-state index contributed by atoms with van der Waals surface area (Å²) in [5.74, 6) is 0.121. The Bertz CT molecular complexity index is 576. The van der Waals surface area contributed by atoms with Crippen LogP contribution in [0.3, 0.4) is 0 Å². The standard InChI is InChI=1S/C7H14N2O2S.C6H4BrF/c1-5-4-12(10,11)7(2,3)6(8)9-5;7-5-1-3-6(8)4-2-5/h5H,4H2,1-3H3,(H2,8,9);1-4H. The summed E-state index contributed by atoms with van der Waals surface area (Å²) in [6.07, 6.45) is 0. The molecule has 1 aromatic rings. The lowest BCUT2D eigenvalue weighted by Crippen LogP contribution is -2.51. The van der Waals surface area contributed by atoms with Crippen molar-refractivity contribution in [3.63, 3.8) is 0 Å². The zero-order valence-corrected chi connectivity index (χ0v) is 14.0. The Kier molecular flexibility index (Phi) is 5.32. The minimum atomic E-state index is -3.12. The van der Waals surface area contributed by atoms with Gasteiger partial charge in [-0.05, 0) is 45.0 Å². The van der Waals surface area contributed by atoms with Crippen LogP contribution in [0.1, 0.15) is 20.8 Å². The summed E-state index contributed by atoms with van der Waals surface area (Å²) in [6.45, 7) is 4.93. The van der Waals surface area contributed by atoms with Crippen LogP contribution in [0.4, 0.5) is 4.39 Å². The molecule has 0 radical (unpaired) electrons. The minimum absolute atomic E-state index is 0.0979. The molecule has 4 nitrogen and oxygen atoms in total. The molecule has 7 heteroatoms. The first-order valence-corrected chi connectivity index (χ1v) is 8.48. The van der Waals surface area contributed by atoms with Crippen LogP contribution < -0.4 is 5.73 Å². The molecule has 0 spiro atoms. The van der Waals surface area contributed by atoms with Crippen LogP contribution in [0.25, 0.3) is 0 Å². The lowest BCUT2D eigenvalue weighted by atomic mass is 10.2. The summed E-state index contributed by atoms with van der Waals surface area (Å²) < 4.78 is 35.1. The lowest BCUT2D eigenvalue weighted by molar-refractivity contribution is 0.563. The first kappa shape index (κ1) is 17.1. The average Bonchev–Trinajstić information content (AvgIpc) is 2.31. The van der Waals surface area contributed by atoms with Gasteiger partial charge in [0.25, 0.3) is 0 Å². The summed E-state index contributed by atoms with van der Waals surface area (Å²) in [4.78, 5) is 4.05. The zero-order valence-electron chi connectivity index (χ0n) is 11.6. The largest absolute Gasteiger partial charge is 0.386 e. The normalized spacial score (nSPS) is 23.2. The molecule has 1 unspecified atom stereocenters. The summed E-state index contributed by atoms with van der Waals surface area (Å²) in [7, 11) is -3.12. The number of amidine groups is 1. The summed E-state index contributed by atoms with van der Waals surface area (Å²) >= 11 is 3.18. The van der Waals surface area contributed by atoms with Gasteiger partial charge in [-0.3, -0.25) is 4.99 Å². The fourth-order valence-electron chi connectivity index (χ4n) is 1.54. The number of rotatable bonds is 0. The van der Waals surface area contributed by atoms with Crippen molar-refractivity contribution in [2.75, 3.05) is 5.75 Å². The monoisotopic (exact) mass is 364 g/mol. The fraction of sp³-hybridized carbons (Fsp3) is 0.462. The second-order valence-corrected chi connectivity index (χ2v) is 8.59. The van der Waals surface area contributed by atoms with Gasteiger partial charge in [0.15, 0.2) is 9.84 Å². The number of nitrogens with two attached hydrogens (primary N) is 1. The number of sulfone groups is 1. The van der Waals surface area contributed by atoms with Crippen molar-refractivity contribution in [2.45, 2.75) is 31.6 Å². The van der Waals surface area contributed by atoms with E-state index in [0.717, 1.165) is 4.47 Å². The van der Waals surface area contributed by atoms with Crippen LogP contribution >= 0.6 is 15.9 Å². The molecule has 2 rings (SSSR count). The van der Waals surface area contributed by atoms with Gasteiger partial charge in [-0.1, -0.05) is 15.9 Å². The SMILES string of the molecule is CC1CS(=O)(=O)C(C)(C)C(N)=N1.Fc1ccc(Br)cc1. The topological polar surface area (TPSA) is 72.5 Å². The summed E-state index contributed by atoms with van der Waals surface area (Å²) in [5, 5.41) is 0. The molecule has 0 bridgehead atoms. The number of halogens is 2. The predicted molar refractivity (Wildman–Crippen MR) is 83.1 cm³/mol. The molecule has 0 aromatic heterocycles. The van der Waals surface area contributed by atoms with Gasteiger partial charge in [-0.25, -0.2) is 12.8 Å². The van der Waals surface area contributed by atoms with Crippen LogP contribution in [0.15, 0.2) is 33.7 Å². The second-order valence-electron chi connectivity index (χ2n) is 5.09. The van der Waals surface area contributed by atoms with Crippen molar-refractivity contribution in [1.82, 2.24) is 0 Å². The first-order chi connectivity index (χ1) is 9.06. The molecule has 1 aliphatic heterocycles. The van der Waals surface area contributed by atoms with Crippen LogP contribution in [0.5, 0.6) is 0 Å². The van der Waals surface area contributed by atoms with E-state index in [0.29, 0.717) is 0 Å². The molecule has 1 atom stereocenters. The highest BCUT2D eigenvalue weighted by molar-refractivity contribution is 9.10. The van der Waals surface area contributed by atoms with Crippen molar-refractivity contribution >= 4 is 31.6 Å². The van der Waals surface area contributed by atoms with Crippen LogP contribution in [0, 0.1) is 5.82 Å². The third kappa shape index (κ3) is 4.02. The average molecular weight is 365 g/mol. The van der Waals surface area contributed by atoms with Crippen molar-refractivity contribution in [3.8, 4) is 0 Å².